The van der Waals surface area contributed by atoms with Crippen LogP contribution in [0.15, 0.2) is 12.1 Å². The third kappa shape index (κ3) is 2.15. The molecule has 1 aliphatic rings. The van der Waals surface area contributed by atoms with E-state index in [0.717, 1.165) is 18.9 Å². The zero-order chi connectivity index (χ0) is 6.53. The second-order valence-electron chi connectivity index (χ2n) is 2.36. The Bertz CT molecular complexity index is 105. The van der Waals surface area contributed by atoms with Gasteiger partial charge in [-0.3, -0.25) is 0 Å². The molecule has 0 spiro atoms. The van der Waals surface area contributed by atoms with Crippen LogP contribution in [0.1, 0.15) is 39.9 Å². The zero-order valence-corrected chi connectivity index (χ0v) is 5.32. The molecule has 0 amide bonds. The largest absolute Gasteiger partial charge is 0.0885 e. The van der Waals surface area contributed by atoms with Crippen LogP contribution in [-0.2, 0) is 0 Å². The van der Waals surface area contributed by atoms with Crippen LogP contribution in [0, 0.1) is 0 Å². The Morgan fingerprint density at radius 3 is 2.62 bits per heavy atom. The van der Waals surface area contributed by atoms with Gasteiger partial charge in [0.1, 0.15) is 0 Å². The van der Waals surface area contributed by atoms with Crippen LogP contribution in [-0.4, -0.2) is 0 Å². The van der Waals surface area contributed by atoms with Gasteiger partial charge in [-0.25, -0.2) is 0 Å². The summed E-state index contributed by atoms with van der Waals surface area (Å²) in [4.78, 5) is 0. The molecule has 1 aliphatic carbocycles. The lowest BCUT2D eigenvalue weighted by molar-refractivity contribution is 0.638. The van der Waals surface area contributed by atoms with Gasteiger partial charge in [-0.2, -0.15) is 0 Å². The Balaban J connectivity index is 2.32. The fraction of sp³-hybridized carbons (Fsp3) is 0.750. The minimum absolute atomic E-state index is 0.856. The normalized spacial score (nSPS) is 25.0. The first-order valence-electron chi connectivity index (χ1n) is 4.05. The predicted octanol–water partition coefficient (Wildman–Crippen LogP) is 2.90. The van der Waals surface area contributed by atoms with E-state index in [4.69, 9.17) is 1.37 Å². The van der Waals surface area contributed by atoms with Crippen LogP contribution in [0.25, 0.3) is 0 Å². The van der Waals surface area contributed by atoms with E-state index in [2.05, 4.69) is 6.08 Å². The van der Waals surface area contributed by atoms with Gasteiger partial charge in [-0.05, 0) is 25.7 Å². The average molecular weight is 111 g/mol. The Morgan fingerprint density at radius 2 is 1.75 bits per heavy atom. The fourth-order valence-electron chi connectivity index (χ4n) is 1.03. The van der Waals surface area contributed by atoms with Crippen LogP contribution in [0.4, 0.5) is 0 Å². The molecule has 0 heteroatoms. The monoisotopic (exact) mass is 111 g/mol. The third-order valence-corrected chi connectivity index (χ3v) is 1.56. The van der Waals surface area contributed by atoms with Crippen LogP contribution < -0.4 is 0 Å². The Kier molecular flexibility index (Phi) is 2.13. The van der Waals surface area contributed by atoms with E-state index in [1.807, 2.05) is 0 Å². The van der Waals surface area contributed by atoms with Gasteiger partial charge in [0.15, 0.2) is 0 Å². The molecule has 0 N–H and O–H groups in total. The van der Waals surface area contributed by atoms with Gasteiger partial charge in [0.25, 0.3) is 0 Å². The molecule has 0 nitrogen and oxygen atoms in total. The van der Waals surface area contributed by atoms with Gasteiger partial charge < -0.3 is 0 Å². The van der Waals surface area contributed by atoms with Crippen LogP contribution in [0.3, 0.4) is 0 Å². The summed E-state index contributed by atoms with van der Waals surface area (Å²) in [5.74, 6) is 0. The van der Waals surface area contributed by atoms with Crippen molar-refractivity contribution in [1.29, 1.82) is 0 Å². The quantitative estimate of drug-likeness (QED) is 0.422. The number of rotatable bonds is 0. The molecule has 0 aliphatic heterocycles. The van der Waals surface area contributed by atoms with E-state index in [0.29, 0.717) is 0 Å². The zero-order valence-electron chi connectivity index (χ0n) is 6.32. The molecule has 0 unspecified atom stereocenters. The molecule has 0 aromatic carbocycles. The second-order valence-corrected chi connectivity index (χ2v) is 2.36. The second kappa shape index (κ2) is 3.71. The lowest BCUT2D eigenvalue weighted by Gasteiger charge is -2.00. The molecule has 0 saturated heterocycles. The summed E-state index contributed by atoms with van der Waals surface area (Å²) < 4.78 is 7.37. The Hall–Kier alpha value is -0.260. The van der Waals surface area contributed by atoms with Crippen LogP contribution in [0.5, 0.6) is 0 Å². The van der Waals surface area contributed by atoms with E-state index >= 15 is 0 Å². The third-order valence-electron chi connectivity index (χ3n) is 1.56. The highest BCUT2D eigenvalue weighted by Crippen LogP contribution is 2.09. The summed E-state index contributed by atoms with van der Waals surface area (Å²) >= 11 is 0. The topological polar surface area (TPSA) is 0 Å². The van der Waals surface area contributed by atoms with Crippen molar-refractivity contribution in [3.8, 4) is 0 Å². The highest BCUT2D eigenvalue weighted by Gasteiger charge is 1.89. The first kappa shape index (κ1) is 4.60. The van der Waals surface area contributed by atoms with Gasteiger partial charge >= 0.3 is 0 Å². The summed E-state index contributed by atoms with van der Waals surface area (Å²) in [5.41, 5.74) is 0. The van der Waals surface area contributed by atoms with Gasteiger partial charge in [0.05, 0.1) is 1.37 Å². The van der Waals surface area contributed by atoms with Gasteiger partial charge in [-0.1, -0.05) is 25.0 Å². The number of hydrogen-bond acceptors (Lipinski definition) is 0. The Morgan fingerprint density at radius 1 is 1.00 bits per heavy atom. The van der Waals surface area contributed by atoms with Crippen molar-refractivity contribution >= 4 is 0 Å². The minimum atomic E-state index is 0.856. The van der Waals surface area contributed by atoms with E-state index in [1.54, 1.807) is 0 Å². The number of hydrogen-bond donors (Lipinski definition) is 0. The first-order chi connectivity index (χ1) is 4.39. The van der Waals surface area contributed by atoms with Crippen molar-refractivity contribution in [2.75, 3.05) is 0 Å². The maximum Gasteiger partial charge on any atom is 0.0572 e. The molecule has 0 fully saturated rings. The van der Waals surface area contributed by atoms with Gasteiger partial charge in [-0.15, -0.1) is 0 Å². The molecule has 0 aromatic rings. The van der Waals surface area contributed by atoms with Crippen molar-refractivity contribution < 1.29 is 1.37 Å². The molecule has 0 bridgehead atoms. The van der Waals surface area contributed by atoms with E-state index in [9.17, 15) is 0 Å². The predicted molar refractivity (Wildman–Crippen MR) is 36.8 cm³/mol. The highest BCUT2D eigenvalue weighted by molar-refractivity contribution is 4.82. The molecule has 46 valence electrons. The van der Waals surface area contributed by atoms with Crippen molar-refractivity contribution in [1.82, 2.24) is 0 Å². The molecule has 8 heavy (non-hydrogen) atoms. The van der Waals surface area contributed by atoms with E-state index in [-0.39, 0.29) is 0 Å². The maximum absolute atomic E-state index is 7.37. The summed E-state index contributed by atoms with van der Waals surface area (Å²) in [5, 5.41) is 0. The summed E-state index contributed by atoms with van der Waals surface area (Å²) in [6, 6.07) is 0.856. The molecule has 0 heterocycles. The van der Waals surface area contributed by atoms with Crippen molar-refractivity contribution in [3.05, 3.63) is 12.1 Å². The Labute approximate surface area is 53.0 Å². The van der Waals surface area contributed by atoms with Crippen LogP contribution >= 0.6 is 0 Å². The van der Waals surface area contributed by atoms with Crippen molar-refractivity contribution in [3.63, 3.8) is 0 Å². The standard InChI is InChI=1S/C8H14/c1-2-4-6-8-7-5-3-1/h1-2H,3-8H2/i1D. The molecular formula is C8H14. The van der Waals surface area contributed by atoms with E-state index in [1.165, 1.54) is 25.7 Å². The maximum atomic E-state index is 7.37. The fourth-order valence-corrected chi connectivity index (χ4v) is 1.03. The smallest absolute Gasteiger partial charge is 0.0572 e. The van der Waals surface area contributed by atoms with E-state index < -0.39 is 0 Å². The minimum Gasteiger partial charge on any atom is -0.0885 e. The molecule has 0 saturated carbocycles. The molecule has 0 atom stereocenters. The molecule has 0 radical (unpaired) electrons. The summed E-state index contributed by atoms with van der Waals surface area (Å²) in [6.45, 7) is 0. The highest BCUT2D eigenvalue weighted by atomic mass is 14.0. The summed E-state index contributed by atoms with van der Waals surface area (Å²) in [7, 11) is 0. The molecule has 0 aromatic heterocycles. The van der Waals surface area contributed by atoms with Crippen LogP contribution in [0.2, 0.25) is 0 Å². The number of allylic oxidation sites excluding steroid dienone is 2. The molecule has 1 rings (SSSR count). The van der Waals surface area contributed by atoms with Crippen molar-refractivity contribution in [2.24, 2.45) is 0 Å². The van der Waals surface area contributed by atoms with Crippen molar-refractivity contribution in [2.45, 2.75) is 38.5 Å². The SMILES string of the molecule is [2H]C1=CCCCCCC1. The lowest BCUT2D eigenvalue weighted by atomic mass is 10.1. The first-order valence-corrected chi connectivity index (χ1v) is 3.55. The average Bonchev–Trinajstić information content (AvgIpc) is 1.79. The molecular weight excluding hydrogens is 96.1 g/mol. The lowest BCUT2D eigenvalue weighted by Crippen LogP contribution is -1.80. The van der Waals surface area contributed by atoms with Gasteiger partial charge in [0.2, 0.25) is 0 Å². The summed E-state index contributed by atoms with van der Waals surface area (Å²) in [6.07, 6.45) is 9.44. The van der Waals surface area contributed by atoms with Gasteiger partial charge in [0, 0.05) is 0 Å².